The third-order valence-corrected chi connectivity index (χ3v) is 5.43. The van der Waals surface area contributed by atoms with E-state index in [1.54, 1.807) is 6.20 Å². The summed E-state index contributed by atoms with van der Waals surface area (Å²) in [6.45, 7) is 0.355. The molecule has 1 fully saturated rings. The van der Waals surface area contributed by atoms with Crippen molar-refractivity contribution in [3.05, 3.63) is 57.4 Å². The average Bonchev–Trinajstić information content (AvgIpc) is 3.44. The van der Waals surface area contributed by atoms with Crippen molar-refractivity contribution in [3.63, 3.8) is 0 Å². The molecule has 0 amide bonds. The first-order chi connectivity index (χ1) is 13.9. The highest BCUT2D eigenvalue weighted by Crippen LogP contribution is 2.42. The van der Waals surface area contributed by atoms with Crippen LogP contribution in [-0.2, 0) is 13.1 Å². The largest absolute Gasteiger partial charge is 0.477 e. The fourth-order valence-corrected chi connectivity index (χ4v) is 3.88. The van der Waals surface area contributed by atoms with Gasteiger partial charge < -0.3 is 20.3 Å². The van der Waals surface area contributed by atoms with E-state index in [1.165, 1.54) is 15.8 Å². The monoisotopic (exact) mass is 399 g/mol. The maximum Gasteiger partial charge on any atom is 0.341 e. The fourth-order valence-electron chi connectivity index (χ4n) is 3.88. The molecule has 2 aliphatic rings. The highest BCUT2D eigenvalue weighted by Gasteiger charge is 2.34. The minimum absolute atomic E-state index is 0.162. The van der Waals surface area contributed by atoms with Gasteiger partial charge in [-0.2, -0.15) is 0 Å². The summed E-state index contributed by atoms with van der Waals surface area (Å²) in [6, 6.07) is -0.162. The lowest BCUT2D eigenvalue weighted by Crippen LogP contribution is -2.24. The Labute approximate surface area is 162 Å². The minimum atomic E-state index is -1.47. The Morgan fingerprint density at radius 3 is 2.66 bits per heavy atom. The van der Waals surface area contributed by atoms with E-state index in [0.29, 0.717) is 18.5 Å². The first kappa shape index (κ1) is 17.5. The number of carboxylic acid groups (broad SMARTS) is 1. The van der Waals surface area contributed by atoms with Crippen molar-refractivity contribution in [2.45, 2.75) is 32.0 Å². The van der Waals surface area contributed by atoms with Crippen LogP contribution in [0.1, 0.15) is 40.5 Å². The molecule has 0 bridgehead atoms. The van der Waals surface area contributed by atoms with Gasteiger partial charge >= 0.3 is 5.97 Å². The molecule has 0 atom stereocenters. The number of hydrogen-bond acceptors (Lipinski definition) is 6. The number of anilines is 2. The van der Waals surface area contributed by atoms with E-state index < -0.39 is 39.7 Å². The van der Waals surface area contributed by atoms with Crippen molar-refractivity contribution in [1.82, 2.24) is 14.5 Å². The Morgan fingerprint density at radius 2 is 2.00 bits per heavy atom. The van der Waals surface area contributed by atoms with E-state index in [-0.39, 0.29) is 30.3 Å². The van der Waals surface area contributed by atoms with Crippen molar-refractivity contribution in [1.29, 1.82) is 0 Å². The number of hydrogen-bond donors (Lipinski definition) is 2. The van der Waals surface area contributed by atoms with Gasteiger partial charge in [0.05, 0.1) is 28.8 Å². The van der Waals surface area contributed by atoms with Gasteiger partial charge in [0.25, 0.3) is 0 Å². The molecule has 5 rings (SSSR count). The second kappa shape index (κ2) is 5.97. The van der Waals surface area contributed by atoms with Crippen LogP contribution >= 0.6 is 0 Å². The van der Waals surface area contributed by atoms with E-state index in [9.17, 15) is 14.7 Å². The van der Waals surface area contributed by atoms with Crippen LogP contribution < -0.4 is 16.1 Å². The molecule has 3 aromatic rings. The molecule has 1 aliphatic carbocycles. The highest BCUT2D eigenvalue weighted by atomic mass is 19.1. The average molecular weight is 399 g/mol. The quantitative estimate of drug-likeness (QED) is 0.649. The molecule has 0 saturated heterocycles. The van der Waals surface area contributed by atoms with E-state index in [2.05, 4.69) is 9.97 Å². The summed E-state index contributed by atoms with van der Waals surface area (Å²) in [5, 5.41) is 8.91. The Kier molecular flexibility index (Phi) is 3.61. The molecule has 3 N–H and O–H groups in total. The van der Waals surface area contributed by atoms with Crippen LogP contribution in [0, 0.1) is 11.6 Å². The lowest BCUT2D eigenvalue weighted by atomic mass is 10.1. The summed E-state index contributed by atoms with van der Waals surface area (Å²) in [6.07, 6.45) is 5.48. The van der Waals surface area contributed by atoms with Crippen LogP contribution in [-0.4, -0.2) is 25.6 Å². The summed E-state index contributed by atoms with van der Waals surface area (Å²) in [4.78, 5) is 33.7. The number of fused-ring (bicyclic) bond motifs is 2. The SMILES string of the molecule is Nc1c(F)c(N2Cc3cncnc3C2)c(F)c2c1c(=O)c(C(=O)O)cn2C1CC1. The number of halogens is 2. The number of nitrogens with two attached hydrogens (primary N) is 1. The molecule has 0 unspecified atom stereocenters. The molecule has 10 heteroatoms. The summed E-state index contributed by atoms with van der Waals surface area (Å²) < 4.78 is 32.3. The molecule has 148 valence electrons. The lowest BCUT2D eigenvalue weighted by molar-refractivity contribution is 0.0695. The van der Waals surface area contributed by atoms with Gasteiger partial charge in [-0.05, 0) is 12.8 Å². The Balaban J connectivity index is 1.80. The van der Waals surface area contributed by atoms with Crippen LogP contribution in [0.3, 0.4) is 0 Å². The third kappa shape index (κ3) is 2.48. The summed E-state index contributed by atoms with van der Waals surface area (Å²) in [5.41, 5.74) is 4.67. The van der Waals surface area contributed by atoms with E-state index in [0.717, 1.165) is 11.8 Å². The maximum atomic E-state index is 15.7. The van der Waals surface area contributed by atoms with Crippen LogP contribution in [0.5, 0.6) is 0 Å². The van der Waals surface area contributed by atoms with Gasteiger partial charge in [0.2, 0.25) is 5.43 Å². The second-order valence-electron chi connectivity index (χ2n) is 7.28. The number of carboxylic acids is 1. The molecule has 1 saturated carbocycles. The molecule has 0 spiro atoms. The molecular weight excluding hydrogens is 384 g/mol. The van der Waals surface area contributed by atoms with Crippen LogP contribution in [0.4, 0.5) is 20.2 Å². The molecule has 3 heterocycles. The van der Waals surface area contributed by atoms with E-state index >= 15 is 8.78 Å². The van der Waals surface area contributed by atoms with Gasteiger partial charge in [-0.15, -0.1) is 0 Å². The Bertz CT molecular complexity index is 1240. The Hall–Kier alpha value is -3.56. The van der Waals surface area contributed by atoms with Gasteiger partial charge in [0.1, 0.15) is 17.6 Å². The molecule has 2 aromatic heterocycles. The van der Waals surface area contributed by atoms with E-state index in [1.807, 2.05) is 0 Å². The number of carbonyl (C=O) groups is 1. The minimum Gasteiger partial charge on any atom is -0.477 e. The molecule has 29 heavy (non-hydrogen) atoms. The first-order valence-corrected chi connectivity index (χ1v) is 8.99. The summed E-state index contributed by atoms with van der Waals surface area (Å²) >= 11 is 0. The van der Waals surface area contributed by atoms with Gasteiger partial charge in [-0.3, -0.25) is 4.79 Å². The molecule has 1 aromatic carbocycles. The normalized spacial score (nSPS) is 15.7. The maximum absolute atomic E-state index is 15.7. The molecular formula is C19H15F2N5O3. The Morgan fingerprint density at radius 1 is 1.24 bits per heavy atom. The van der Waals surface area contributed by atoms with Gasteiger partial charge in [0.15, 0.2) is 11.6 Å². The zero-order chi connectivity index (χ0) is 20.4. The number of aromatic nitrogens is 3. The summed E-state index contributed by atoms with van der Waals surface area (Å²) in [5.74, 6) is -3.49. The zero-order valence-corrected chi connectivity index (χ0v) is 15.0. The van der Waals surface area contributed by atoms with Gasteiger partial charge in [-0.25, -0.2) is 23.5 Å². The number of rotatable bonds is 3. The van der Waals surface area contributed by atoms with Crippen molar-refractivity contribution in [2.24, 2.45) is 0 Å². The van der Waals surface area contributed by atoms with Gasteiger partial charge in [-0.1, -0.05) is 0 Å². The first-order valence-electron chi connectivity index (χ1n) is 8.99. The molecule has 0 radical (unpaired) electrons. The fraction of sp³-hybridized carbons (Fsp3) is 0.263. The third-order valence-electron chi connectivity index (χ3n) is 5.43. The van der Waals surface area contributed by atoms with Gasteiger partial charge in [0, 0.05) is 30.5 Å². The predicted molar refractivity (Wildman–Crippen MR) is 99.7 cm³/mol. The number of nitrogen functional groups attached to an aromatic ring is 1. The zero-order valence-electron chi connectivity index (χ0n) is 15.0. The van der Waals surface area contributed by atoms with Crippen molar-refractivity contribution >= 4 is 28.2 Å². The molecule has 8 nitrogen and oxygen atoms in total. The smallest absolute Gasteiger partial charge is 0.341 e. The van der Waals surface area contributed by atoms with Crippen LogP contribution in [0.15, 0.2) is 23.5 Å². The highest BCUT2D eigenvalue weighted by molar-refractivity contribution is 5.99. The standard InChI is InChI=1S/C19H15F2N5O3/c20-13-15(22)12-16(26(9-1-2-9)5-10(18(12)27)19(28)29)14(21)17(13)25-4-8-3-23-7-24-11(8)6-25/h3,5,7,9H,1-2,4,6,22H2,(H,28,29). The summed E-state index contributed by atoms with van der Waals surface area (Å²) in [7, 11) is 0. The number of nitrogens with zero attached hydrogens (tertiary/aromatic N) is 4. The van der Waals surface area contributed by atoms with Crippen LogP contribution in [0.25, 0.3) is 10.9 Å². The predicted octanol–water partition coefficient (Wildman–Crippen LogP) is 2.21. The number of pyridine rings is 1. The number of benzene rings is 1. The van der Waals surface area contributed by atoms with Crippen molar-refractivity contribution in [3.8, 4) is 0 Å². The lowest BCUT2D eigenvalue weighted by Gasteiger charge is -2.23. The second-order valence-corrected chi connectivity index (χ2v) is 7.28. The van der Waals surface area contributed by atoms with Crippen LogP contribution in [0.2, 0.25) is 0 Å². The number of aromatic carboxylic acids is 1. The molecule has 1 aliphatic heterocycles. The van der Waals surface area contributed by atoms with E-state index in [4.69, 9.17) is 5.73 Å². The topological polar surface area (TPSA) is 114 Å². The van der Waals surface area contributed by atoms with Crippen molar-refractivity contribution in [2.75, 3.05) is 10.6 Å². The van der Waals surface area contributed by atoms with Crippen molar-refractivity contribution < 1.29 is 18.7 Å².